The second-order valence-electron chi connectivity index (χ2n) is 4.09. The van der Waals surface area contributed by atoms with Crippen molar-refractivity contribution in [2.75, 3.05) is 6.61 Å². The fourth-order valence-corrected chi connectivity index (χ4v) is 1.43. The minimum absolute atomic E-state index is 0.211. The van der Waals surface area contributed by atoms with Gasteiger partial charge in [-0.15, -0.1) is 0 Å². The predicted molar refractivity (Wildman–Crippen MR) is 61.5 cm³/mol. The van der Waals surface area contributed by atoms with Gasteiger partial charge in [0.2, 0.25) is 0 Å². The van der Waals surface area contributed by atoms with Gasteiger partial charge in [0.1, 0.15) is 0 Å². The highest BCUT2D eigenvalue weighted by molar-refractivity contribution is 5.07. The number of nitrogens with one attached hydrogen (secondary N) is 1. The van der Waals surface area contributed by atoms with E-state index >= 15 is 0 Å². The van der Waals surface area contributed by atoms with E-state index in [0.29, 0.717) is 0 Å². The third-order valence-corrected chi connectivity index (χ3v) is 2.79. The predicted octanol–water partition coefficient (Wildman–Crippen LogP) is 1.75. The highest BCUT2D eigenvalue weighted by Gasteiger charge is 2.14. The number of rotatable bonds is 5. The highest BCUT2D eigenvalue weighted by Crippen LogP contribution is 2.11. The average molecular weight is 208 g/mol. The third-order valence-electron chi connectivity index (χ3n) is 2.79. The van der Waals surface area contributed by atoms with Crippen LogP contribution in [0, 0.1) is 5.92 Å². The van der Waals surface area contributed by atoms with Crippen LogP contribution in [0.1, 0.15) is 32.5 Å². The van der Waals surface area contributed by atoms with Crippen LogP contribution in [0.3, 0.4) is 0 Å². The van der Waals surface area contributed by atoms with E-state index in [2.05, 4.69) is 24.1 Å². The number of aliphatic hydroxyl groups is 1. The fourth-order valence-electron chi connectivity index (χ4n) is 1.43. The highest BCUT2D eigenvalue weighted by atomic mass is 16.3. The van der Waals surface area contributed by atoms with E-state index < -0.39 is 0 Å². The molecule has 0 bridgehead atoms. The Labute approximate surface area is 91.5 Å². The summed E-state index contributed by atoms with van der Waals surface area (Å²) in [4.78, 5) is 4.29. The Hall–Kier alpha value is -0.930. The molecule has 0 saturated carbocycles. The van der Waals surface area contributed by atoms with E-state index in [1.54, 1.807) is 6.20 Å². The zero-order valence-electron chi connectivity index (χ0n) is 9.64. The number of hydrogen-bond acceptors (Lipinski definition) is 3. The van der Waals surface area contributed by atoms with Crippen LogP contribution in [-0.4, -0.2) is 22.7 Å². The van der Waals surface area contributed by atoms with Gasteiger partial charge in [-0.1, -0.05) is 13.0 Å². The van der Waals surface area contributed by atoms with Crippen molar-refractivity contribution in [2.45, 2.75) is 32.9 Å². The van der Waals surface area contributed by atoms with Crippen molar-refractivity contribution in [3.05, 3.63) is 30.1 Å². The number of pyridine rings is 1. The molecule has 3 nitrogen and oxygen atoms in total. The fraction of sp³-hybridized carbons (Fsp3) is 0.583. The smallest absolute Gasteiger partial charge is 0.0570 e. The lowest BCUT2D eigenvalue weighted by molar-refractivity contribution is 0.202. The molecular weight excluding hydrogens is 188 g/mol. The van der Waals surface area contributed by atoms with E-state index in [1.807, 2.05) is 25.1 Å². The summed E-state index contributed by atoms with van der Waals surface area (Å²) in [5, 5.41) is 12.5. The van der Waals surface area contributed by atoms with E-state index in [0.717, 1.165) is 5.69 Å². The van der Waals surface area contributed by atoms with E-state index in [9.17, 15) is 0 Å². The van der Waals surface area contributed by atoms with Gasteiger partial charge in [0.15, 0.2) is 0 Å². The van der Waals surface area contributed by atoms with Gasteiger partial charge in [-0.2, -0.15) is 0 Å². The second-order valence-corrected chi connectivity index (χ2v) is 4.09. The van der Waals surface area contributed by atoms with Crippen molar-refractivity contribution in [2.24, 2.45) is 5.92 Å². The second kappa shape index (κ2) is 5.83. The number of nitrogens with zero attached hydrogens (tertiary/aromatic N) is 1. The van der Waals surface area contributed by atoms with Crippen LogP contribution in [0.2, 0.25) is 0 Å². The SMILES string of the molecule is CC(NC(C)C(C)CO)c1ccccn1. The quantitative estimate of drug-likeness (QED) is 0.775. The Morgan fingerprint density at radius 1 is 1.33 bits per heavy atom. The van der Waals surface area contributed by atoms with Gasteiger partial charge in [0.05, 0.1) is 5.69 Å². The van der Waals surface area contributed by atoms with Gasteiger partial charge >= 0.3 is 0 Å². The maximum Gasteiger partial charge on any atom is 0.0570 e. The zero-order chi connectivity index (χ0) is 11.3. The molecule has 0 aliphatic carbocycles. The Morgan fingerprint density at radius 3 is 2.60 bits per heavy atom. The third kappa shape index (κ3) is 3.61. The number of hydrogen-bond donors (Lipinski definition) is 2. The van der Waals surface area contributed by atoms with Gasteiger partial charge in [-0.3, -0.25) is 4.98 Å². The molecule has 1 aromatic heterocycles. The summed E-state index contributed by atoms with van der Waals surface area (Å²) in [5.74, 6) is 0.260. The molecule has 0 aliphatic heterocycles. The van der Waals surface area contributed by atoms with Gasteiger partial charge in [-0.25, -0.2) is 0 Å². The molecule has 0 aliphatic rings. The summed E-state index contributed by atoms with van der Waals surface area (Å²) in [5.41, 5.74) is 1.04. The molecule has 84 valence electrons. The molecule has 0 amide bonds. The molecule has 2 N–H and O–H groups in total. The van der Waals surface area contributed by atoms with Crippen molar-refractivity contribution >= 4 is 0 Å². The Bertz CT molecular complexity index is 276. The molecule has 1 aromatic rings. The summed E-state index contributed by atoms with van der Waals surface area (Å²) in [6, 6.07) is 6.41. The van der Waals surface area contributed by atoms with Crippen molar-refractivity contribution in [3.63, 3.8) is 0 Å². The van der Waals surface area contributed by atoms with Gasteiger partial charge in [-0.05, 0) is 31.9 Å². The first-order valence-electron chi connectivity index (χ1n) is 5.43. The molecule has 0 spiro atoms. The van der Waals surface area contributed by atoms with Gasteiger partial charge < -0.3 is 10.4 Å². The normalized spacial score (nSPS) is 17.1. The summed E-state index contributed by atoms with van der Waals surface area (Å²) >= 11 is 0. The van der Waals surface area contributed by atoms with Crippen molar-refractivity contribution in [3.8, 4) is 0 Å². The minimum Gasteiger partial charge on any atom is -0.396 e. The van der Waals surface area contributed by atoms with Crippen LogP contribution < -0.4 is 5.32 Å². The lowest BCUT2D eigenvalue weighted by Gasteiger charge is -2.23. The largest absolute Gasteiger partial charge is 0.396 e. The first-order valence-corrected chi connectivity index (χ1v) is 5.43. The van der Waals surface area contributed by atoms with Crippen LogP contribution in [0.25, 0.3) is 0 Å². The topological polar surface area (TPSA) is 45.1 Å². The van der Waals surface area contributed by atoms with Crippen LogP contribution >= 0.6 is 0 Å². The molecule has 0 saturated heterocycles. The van der Waals surface area contributed by atoms with Crippen molar-refractivity contribution < 1.29 is 5.11 Å². The Kier molecular flexibility index (Phi) is 4.72. The van der Waals surface area contributed by atoms with Crippen LogP contribution in [0.15, 0.2) is 24.4 Å². The van der Waals surface area contributed by atoms with E-state index in [4.69, 9.17) is 5.11 Å². The first-order chi connectivity index (χ1) is 7.15. The molecule has 1 heterocycles. The molecule has 0 fully saturated rings. The van der Waals surface area contributed by atoms with Crippen LogP contribution in [0.4, 0.5) is 0 Å². The summed E-state index contributed by atoms with van der Waals surface area (Å²) < 4.78 is 0. The molecule has 0 aromatic carbocycles. The summed E-state index contributed by atoms with van der Waals surface area (Å²) in [6.07, 6.45) is 1.80. The van der Waals surface area contributed by atoms with Crippen LogP contribution in [0.5, 0.6) is 0 Å². The maximum atomic E-state index is 9.03. The van der Waals surface area contributed by atoms with Crippen LogP contribution in [-0.2, 0) is 0 Å². The number of aliphatic hydroxyl groups excluding tert-OH is 1. The molecular formula is C12H20N2O. The van der Waals surface area contributed by atoms with Crippen molar-refractivity contribution in [1.82, 2.24) is 10.3 Å². The number of aromatic nitrogens is 1. The lowest BCUT2D eigenvalue weighted by atomic mass is 10.0. The summed E-state index contributed by atoms with van der Waals surface area (Å²) in [7, 11) is 0. The zero-order valence-corrected chi connectivity index (χ0v) is 9.64. The van der Waals surface area contributed by atoms with E-state index in [-0.39, 0.29) is 24.6 Å². The Morgan fingerprint density at radius 2 is 2.07 bits per heavy atom. The Balaban J connectivity index is 2.52. The summed E-state index contributed by atoms with van der Waals surface area (Å²) in [6.45, 7) is 6.41. The molecule has 1 rings (SSSR count). The molecule has 3 heteroatoms. The standard InChI is InChI=1S/C12H20N2O/c1-9(8-15)10(2)14-11(3)12-6-4-5-7-13-12/h4-7,9-11,14-15H,8H2,1-3H3. The molecule has 15 heavy (non-hydrogen) atoms. The van der Waals surface area contributed by atoms with E-state index in [1.165, 1.54) is 0 Å². The molecule has 3 unspecified atom stereocenters. The first kappa shape index (κ1) is 12.1. The molecule has 0 radical (unpaired) electrons. The van der Waals surface area contributed by atoms with Gasteiger partial charge in [0, 0.05) is 24.9 Å². The lowest BCUT2D eigenvalue weighted by Crippen LogP contribution is -2.35. The molecule has 3 atom stereocenters. The maximum absolute atomic E-state index is 9.03. The van der Waals surface area contributed by atoms with Gasteiger partial charge in [0.25, 0.3) is 0 Å². The minimum atomic E-state index is 0.211. The van der Waals surface area contributed by atoms with Crippen molar-refractivity contribution in [1.29, 1.82) is 0 Å². The monoisotopic (exact) mass is 208 g/mol. The average Bonchev–Trinajstić information content (AvgIpc) is 2.29.